The van der Waals surface area contributed by atoms with E-state index in [1.165, 1.54) is 12.3 Å². The maximum Gasteiger partial charge on any atom is 0.354 e. The van der Waals surface area contributed by atoms with E-state index in [4.69, 9.17) is 10.8 Å². The van der Waals surface area contributed by atoms with Gasteiger partial charge in [-0.05, 0) is 24.0 Å². The molecule has 6 nitrogen and oxygen atoms in total. The molecule has 6 heteroatoms. The number of carboxylic acids is 1. The summed E-state index contributed by atoms with van der Waals surface area (Å²) in [4.78, 5) is 26.4. The van der Waals surface area contributed by atoms with Crippen molar-refractivity contribution in [2.45, 2.75) is 26.8 Å². The number of carboxylic acid groups (broad SMARTS) is 1. The van der Waals surface area contributed by atoms with Crippen molar-refractivity contribution >= 4 is 11.9 Å². The van der Waals surface area contributed by atoms with Gasteiger partial charge in [-0.25, -0.2) is 9.78 Å². The lowest BCUT2D eigenvalue weighted by molar-refractivity contribution is -0.125. The highest BCUT2D eigenvalue weighted by atomic mass is 16.4. The highest BCUT2D eigenvalue weighted by Crippen LogP contribution is 2.11. The number of aromatic nitrogens is 1. The molecule has 0 saturated heterocycles. The SMILES string of the molecule is CC(C)CC(CN)C(=O)NCc1ccc(C(=O)O)nc1. The van der Waals surface area contributed by atoms with Crippen molar-refractivity contribution in [1.82, 2.24) is 10.3 Å². The molecule has 0 bridgehead atoms. The number of rotatable bonds is 7. The van der Waals surface area contributed by atoms with Gasteiger partial charge in [0.2, 0.25) is 5.91 Å². The molecule has 1 heterocycles. The molecule has 1 aromatic rings. The van der Waals surface area contributed by atoms with Gasteiger partial charge < -0.3 is 16.2 Å². The van der Waals surface area contributed by atoms with Crippen LogP contribution in [-0.4, -0.2) is 28.5 Å². The van der Waals surface area contributed by atoms with Gasteiger partial charge >= 0.3 is 5.97 Å². The van der Waals surface area contributed by atoms with E-state index < -0.39 is 5.97 Å². The molecule has 1 amide bonds. The first kappa shape index (κ1) is 16.1. The second kappa shape index (κ2) is 7.59. The number of amides is 1. The first-order valence-electron chi connectivity index (χ1n) is 6.60. The van der Waals surface area contributed by atoms with E-state index in [0.717, 1.165) is 12.0 Å². The molecule has 0 aliphatic heterocycles. The van der Waals surface area contributed by atoms with Crippen LogP contribution in [-0.2, 0) is 11.3 Å². The van der Waals surface area contributed by atoms with Crippen LogP contribution in [0, 0.1) is 11.8 Å². The van der Waals surface area contributed by atoms with Crippen LogP contribution in [0.4, 0.5) is 0 Å². The Morgan fingerprint density at radius 1 is 1.40 bits per heavy atom. The summed E-state index contributed by atoms with van der Waals surface area (Å²) < 4.78 is 0. The number of nitrogens with one attached hydrogen (secondary N) is 1. The van der Waals surface area contributed by atoms with Crippen LogP contribution in [0.3, 0.4) is 0 Å². The number of nitrogens with two attached hydrogens (primary N) is 1. The summed E-state index contributed by atoms with van der Waals surface area (Å²) in [6.45, 7) is 4.73. The number of aromatic carboxylic acids is 1. The van der Waals surface area contributed by atoms with E-state index in [2.05, 4.69) is 10.3 Å². The Balaban J connectivity index is 2.53. The molecule has 0 aliphatic rings. The van der Waals surface area contributed by atoms with Crippen LogP contribution >= 0.6 is 0 Å². The highest BCUT2D eigenvalue weighted by molar-refractivity contribution is 5.85. The van der Waals surface area contributed by atoms with Crippen molar-refractivity contribution in [3.8, 4) is 0 Å². The molecule has 20 heavy (non-hydrogen) atoms. The summed E-state index contributed by atoms with van der Waals surface area (Å²) >= 11 is 0. The second-order valence-corrected chi connectivity index (χ2v) is 5.14. The highest BCUT2D eigenvalue weighted by Gasteiger charge is 2.17. The van der Waals surface area contributed by atoms with Crippen molar-refractivity contribution in [3.63, 3.8) is 0 Å². The van der Waals surface area contributed by atoms with Crippen LogP contribution in [0.15, 0.2) is 18.3 Å². The first-order valence-corrected chi connectivity index (χ1v) is 6.60. The second-order valence-electron chi connectivity index (χ2n) is 5.14. The van der Waals surface area contributed by atoms with Crippen molar-refractivity contribution in [3.05, 3.63) is 29.6 Å². The number of carbonyl (C=O) groups excluding carboxylic acids is 1. The molecule has 0 fully saturated rings. The monoisotopic (exact) mass is 279 g/mol. The van der Waals surface area contributed by atoms with Crippen LogP contribution in [0.2, 0.25) is 0 Å². The van der Waals surface area contributed by atoms with Gasteiger partial charge in [0.1, 0.15) is 5.69 Å². The zero-order chi connectivity index (χ0) is 15.1. The molecule has 0 spiro atoms. The van der Waals surface area contributed by atoms with Crippen molar-refractivity contribution in [1.29, 1.82) is 0 Å². The Morgan fingerprint density at radius 2 is 2.10 bits per heavy atom. The van der Waals surface area contributed by atoms with Crippen molar-refractivity contribution < 1.29 is 14.7 Å². The lowest BCUT2D eigenvalue weighted by Gasteiger charge is -2.16. The topological polar surface area (TPSA) is 105 Å². The molecule has 1 atom stereocenters. The maximum absolute atomic E-state index is 12.0. The zero-order valence-electron chi connectivity index (χ0n) is 11.8. The molecule has 0 aliphatic carbocycles. The third kappa shape index (κ3) is 4.97. The van der Waals surface area contributed by atoms with E-state index in [1.807, 2.05) is 13.8 Å². The molecule has 0 saturated carbocycles. The molecular weight excluding hydrogens is 258 g/mol. The summed E-state index contributed by atoms with van der Waals surface area (Å²) in [5, 5.41) is 11.5. The number of pyridine rings is 1. The molecule has 0 radical (unpaired) electrons. The van der Waals surface area contributed by atoms with Crippen LogP contribution in [0.5, 0.6) is 0 Å². The van der Waals surface area contributed by atoms with Gasteiger partial charge in [-0.15, -0.1) is 0 Å². The Labute approximate surface area is 118 Å². The summed E-state index contributed by atoms with van der Waals surface area (Å²) in [6, 6.07) is 3.05. The fourth-order valence-electron chi connectivity index (χ4n) is 1.87. The predicted octanol–water partition coefficient (Wildman–Crippen LogP) is 1.02. The third-order valence-corrected chi connectivity index (χ3v) is 2.92. The number of carbonyl (C=O) groups is 2. The van der Waals surface area contributed by atoms with E-state index in [9.17, 15) is 9.59 Å². The van der Waals surface area contributed by atoms with E-state index in [1.54, 1.807) is 6.07 Å². The predicted molar refractivity (Wildman–Crippen MR) is 75.0 cm³/mol. The summed E-state index contributed by atoms with van der Waals surface area (Å²) in [5.74, 6) is -0.934. The Morgan fingerprint density at radius 3 is 2.55 bits per heavy atom. The molecular formula is C14H21N3O3. The normalized spacial score (nSPS) is 12.2. The fraction of sp³-hybridized carbons (Fsp3) is 0.500. The third-order valence-electron chi connectivity index (χ3n) is 2.92. The van der Waals surface area contributed by atoms with E-state index >= 15 is 0 Å². The molecule has 1 aromatic heterocycles. The quantitative estimate of drug-likeness (QED) is 0.691. The van der Waals surface area contributed by atoms with Gasteiger partial charge in [0, 0.05) is 19.3 Å². The summed E-state index contributed by atoms with van der Waals surface area (Å²) in [7, 11) is 0. The minimum absolute atomic E-state index is 0.0141. The van der Waals surface area contributed by atoms with Gasteiger partial charge in [-0.2, -0.15) is 0 Å². The molecule has 110 valence electrons. The number of hydrogen-bond donors (Lipinski definition) is 3. The van der Waals surface area contributed by atoms with Crippen LogP contribution < -0.4 is 11.1 Å². The Bertz CT molecular complexity index is 457. The molecule has 4 N–H and O–H groups in total. The van der Waals surface area contributed by atoms with Crippen molar-refractivity contribution in [2.75, 3.05) is 6.54 Å². The van der Waals surface area contributed by atoms with Crippen LogP contribution in [0.1, 0.15) is 36.3 Å². The minimum Gasteiger partial charge on any atom is -0.477 e. The Kier molecular flexibility index (Phi) is 6.11. The minimum atomic E-state index is -1.07. The fourth-order valence-corrected chi connectivity index (χ4v) is 1.87. The average molecular weight is 279 g/mol. The van der Waals surface area contributed by atoms with Gasteiger partial charge in [0.15, 0.2) is 0 Å². The smallest absolute Gasteiger partial charge is 0.354 e. The van der Waals surface area contributed by atoms with Gasteiger partial charge in [-0.3, -0.25) is 4.79 Å². The summed E-state index contributed by atoms with van der Waals surface area (Å²) in [6.07, 6.45) is 2.20. The lowest BCUT2D eigenvalue weighted by Crippen LogP contribution is -2.35. The van der Waals surface area contributed by atoms with Gasteiger partial charge in [0.05, 0.1) is 5.92 Å². The maximum atomic E-state index is 12.0. The molecule has 1 rings (SSSR count). The average Bonchev–Trinajstić information content (AvgIpc) is 2.42. The number of nitrogens with zero attached hydrogens (tertiary/aromatic N) is 1. The molecule has 0 aromatic carbocycles. The van der Waals surface area contributed by atoms with Gasteiger partial charge in [-0.1, -0.05) is 19.9 Å². The Hall–Kier alpha value is -1.95. The van der Waals surface area contributed by atoms with Crippen LogP contribution in [0.25, 0.3) is 0 Å². The number of hydrogen-bond acceptors (Lipinski definition) is 4. The first-order chi connectivity index (χ1) is 9.43. The van der Waals surface area contributed by atoms with Gasteiger partial charge in [0.25, 0.3) is 0 Å². The summed E-state index contributed by atoms with van der Waals surface area (Å²) in [5.41, 5.74) is 6.34. The lowest BCUT2D eigenvalue weighted by atomic mass is 9.96. The standard InChI is InChI=1S/C14H21N3O3/c1-9(2)5-11(6-15)13(18)17-8-10-3-4-12(14(19)20)16-7-10/h3-4,7,9,11H,5-6,8,15H2,1-2H3,(H,17,18)(H,19,20). The van der Waals surface area contributed by atoms with Crippen molar-refractivity contribution in [2.24, 2.45) is 17.6 Å². The zero-order valence-corrected chi connectivity index (χ0v) is 11.8. The van der Waals surface area contributed by atoms with E-state index in [0.29, 0.717) is 19.0 Å². The van der Waals surface area contributed by atoms with E-state index in [-0.39, 0.29) is 17.5 Å². The largest absolute Gasteiger partial charge is 0.477 e. The molecule has 1 unspecified atom stereocenters.